The van der Waals surface area contributed by atoms with E-state index in [1.165, 1.54) is 18.2 Å². The van der Waals surface area contributed by atoms with Crippen molar-refractivity contribution in [1.82, 2.24) is 5.32 Å². The monoisotopic (exact) mass is 477 g/mol. The maximum atomic E-state index is 14.0. The summed E-state index contributed by atoms with van der Waals surface area (Å²) in [7, 11) is -3.25. The summed E-state index contributed by atoms with van der Waals surface area (Å²) in [6, 6.07) is 3.59. The van der Waals surface area contributed by atoms with Crippen LogP contribution in [0.15, 0.2) is 23.2 Å². The Balaban J connectivity index is 1.80. The Morgan fingerprint density at radius 2 is 2.07 bits per heavy atom. The fourth-order valence-corrected chi connectivity index (χ4v) is 7.16. The van der Waals surface area contributed by atoms with Gasteiger partial charge in [-0.1, -0.05) is 23.4 Å². The summed E-state index contributed by atoms with van der Waals surface area (Å²) in [4.78, 5) is 29.6. The number of hydrogen-bond donors (Lipinski definition) is 1. The van der Waals surface area contributed by atoms with Crippen molar-refractivity contribution >= 4 is 56.1 Å². The number of halogens is 2. The van der Waals surface area contributed by atoms with Gasteiger partial charge in [-0.15, -0.1) is 0 Å². The number of aliphatic imine (C=N–C) groups is 1. The number of benzene rings is 1. The highest BCUT2D eigenvalue weighted by Crippen LogP contribution is 2.41. The first-order valence-electron chi connectivity index (χ1n) is 9.04. The van der Waals surface area contributed by atoms with Gasteiger partial charge >= 0.3 is 6.09 Å². The smallest absolute Gasteiger partial charge is 0.408 e. The molecule has 30 heavy (non-hydrogen) atoms. The molecule has 2 amide bonds. The predicted octanol–water partition coefficient (Wildman–Crippen LogP) is 2.61. The predicted molar refractivity (Wildman–Crippen MR) is 114 cm³/mol. The van der Waals surface area contributed by atoms with Gasteiger partial charge in [0, 0.05) is 10.9 Å². The van der Waals surface area contributed by atoms with Crippen LogP contribution in [-0.2, 0) is 19.4 Å². The fourth-order valence-electron chi connectivity index (χ4n) is 3.11. The quantitative estimate of drug-likeness (QED) is 0.713. The van der Waals surface area contributed by atoms with Crippen molar-refractivity contribution in [3.05, 3.63) is 29.0 Å². The third-order valence-corrected chi connectivity index (χ3v) is 7.77. The van der Waals surface area contributed by atoms with Crippen molar-refractivity contribution < 1.29 is 27.1 Å². The van der Waals surface area contributed by atoms with Crippen LogP contribution in [0.2, 0.25) is 5.02 Å². The average Bonchev–Trinajstić information content (AvgIpc) is 3.05. The van der Waals surface area contributed by atoms with E-state index >= 15 is 0 Å². The molecule has 1 aromatic carbocycles. The van der Waals surface area contributed by atoms with Crippen LogP contribution in [0.4, 0.5) is 14.9 Å². The van der Waals surface area contributed by atoms with E-state index in [-0.39, 0.29) is 26.9 Å². The summed E-state index contributed by atoms with van der Waals surface area (Å²) in [5.74, 6) is -1.50. The second kappa shape index (κ2) is 8.35. The molecular formula is C18H21ClFN3O5S2. The number of thioether (sulfide) groups is 1. The molecule has 0 spiro atoms. The highest BCUT2D eigenvalue weighted by molar-refractivity contribution is 8.16. The molecule has 0 aliphatic carbocycles. The summed E-state index contributed by atoms with van der Waals surface area (Å²) >= 11 is 6.90. The Hall–Kier alpha value is -1.85. The molecule has 2 heterocycles. The van der Waals surface area contributed by atoms with E-state index in [1.54, 1.807) is 25.7 Å². The van der Waals surface area contributed by atoms with Gasteiger partial charge in [-0.3, -0.25) is 4.79 Å². The number of ether oxygens (including phenoxy) is 1. The number of carbonyl (C=O) groups is 2. The van der Waals surface area contributed by atoms with Crippen molar-refractivity contribution in [2.45, 2.75) is 37.7 Å². The molecular weight excluding hydrogens is 457 g/mol. The highest BCUT2D eigenvalue weighted by Gasteiger charge is 2.49. The zero-order valence-corrected chi connectivity index (χ0v) is 18.9. The van der Waals surface area contributed by atoms with E-state index in [0.717, 1.165) is 11.8 Å². The van der Waals surface area contributed by atoms with E-state index in [2.05, 4.69) is 10.3 Å². The maximum Gasteiger partial charge on any atom is 0.408 e. The van der Waals surface area contributed by atoms with Gasteiger partial charge in [0.1, 0.15) is 18.0 Å². The summed E-state index contributed by atoms with van der Waals surface area (Å²) in [6.07, 6.45) is -0.755. The topological polar surface area (TPSA) is 105 Å². The minimum atomic E-state index is -3.25. The Kier molecular flexibility index (Phi) is 6.35. The Labute approximate surface area is 183 Å². The fraction of sp³-hybridized carbons (Fsp3) is 0.500. The van der Waals surface area contributed by atoms with Crippen LogP contribution < -0.4 is 10.2 Å². The van der Waals surface area contributed by atoms with Crippen molar-refractivity contribution in [3.8, 4) is 0 Å². The van der Waals surface area contributed by atoms with Crippen LogP contribution in [0, 0.1) is 5.82 Å². The van der Waals surface area contributed by atoms with E-state index < -0.39 is 45.8 Å². The van der Waals surface area contributed by atoms with E-state index in [4.69, 9.17) is 16.3 Å². The first-order valence-corrected chi connectivity index (χ1v) is 12.1. The first-order chi connectivity index (χ1) is 13.8. The van der Waals surface area contributed by atoms with Crippen molar-refractivity contribution in [2.75, 3.05) is 23.0 Å². The molecule has 2 saturated heterocycles. The van der Waals surface area contributed by atoms with Gasteiger partial charge in [-0.2, -0.15) is 4.99 Å². The molecule has 2 atom stereocenters. The third kappa shape index (κ3) is 5.44. The Morgan fingerprint density at radius 3 is 2.70 bits per heavy atom. The molecule has 0 radical (unpaired) electrons. The molecule has 0 aromatic heterocycles. The van der Waals surface area contributed by atoms with Gasteiger partial charge in [0.05, 0.1) is 22.6 Å². The van der Waals surface area contributed by atoms with Crippen LogP contribution in [0.3, 0.4) is 0 Å². The number of amidine groups is 1. The molecule has 0 bridgehead atoms. The molecule has 2 aliphatic rings. The highest BCUT2D eigenvalue weighted by atomic mass is 35.5. The summed E-state index contributed by atoms with van der Waals surface area (Å²) in [5, 5.41) is 2.17. The van der Waals surface area contributed by atoms with Crippen LogP contribution >= 0.6 is 23.4 Å². The number of hydrogen-bond acceptors (Lipinski definition) is 6. The van der Waals surface area contributed by atoms with Crippen molar-refractivity contribution in [1.29, 1.82) is 0 Å². The molecule has 1 N–H and O–H groups in total. The molecule has 164 valence electrons. The molecule has 0 unspecified atom stereocenters. The molecule has 8 nitrogen and oxygen atoms in total. The van der Waals surface area contributed by atoms with Crippen LogP contribution in [0.25, 0.3) is 0 Å². The van der Waals surface area contributed by atoms with Gasteiger partial charge in [0.2, 0.25) is 0 Å². The lowest BCUT2D eigenvalue weighted by atomic mass is 10.2. The number of nitrogens with one attached hydrogen (secondary N) is 1. The number of sulfone groups is 1. The number of anilines is 1. The van der Waals surface area contributed by atoms with E-state index in [0.29, 0.717) is 5.69 Å². The molecule has 1 aromatic rings. The van der Waals surface area contributed by atoms with Crippen LogP contribution in [-0.4, -0.2) is 60.5 Å². The number of nitrogens with zero attached hydrogens (tertiary/aromatic N) is 2. The summed E-state index contributed by atoms with van der Waals surface area (Å²) in [5.41, 5.74) is -0.362. The van der Waals surface area contributed by atoms with Crippen molar-refractivity contribution in [2.24, 2.45) is 4.99 Å². The number of alkyl carbamates (subject to hydrolysis) is 1. The largest absolute Gasteiger partial charge is 0.444 e. The van der Waals surface area contributed by atoms with Crippen LogP contribution in [0.5, 0.6) is 0 Å². The SMILES string of the molecule is CC(C)(C)OC(=O)NCC(=O)N=C1S[C@H]2CS(=O)(=O)C[C@H]2N1c1ccc(Cl)c(F)c1. The minimum Gasteiger partial charge on any atom is -0.444 e. The van der Waals surface area contributed by atoms with E-state index in [1.807, 2.05) is 0 Å². The number of amides is 2. The third-order valence-electron chi connectivity index (χ3n) is 4.25. The average molecular weight is 478 g/mol. The zero-order valence-electron chi connectivity index (χ0n) is 16.5. The van der Waals surface area contributed by atoms with Gasteiger partial charge in [-0.05, 0) is 39.0 Å². The lowest BCUT2D eigenvalue weighted by molar-refractivity contribution is -0.117. The lowest BCUT2D eigenvalue weighted by Gasteiger charge is -2.24. The molecule has 12 heteroatoms. The maximum absolute atomic E-state index is 14.0. The second-order valence-corrected chi connectivity index (χ2v) is 11.7. The summed E-state index contributed by atoms with van der Waals surface area (Å²) < 4.78 is 43.2. The zero-order chi connectivity index (χ0) is 22.3. The minimum absolute atomic E-state index is 0.0573. The molecule has 0 saturated carbocycles. The van der Waals surface area contributed by atoms with Gasteiger partial charge in [0.25, 0.3) is 5.91 Å². The van der Waals surface area contributed by atoms with Crippen molar-refractivity contribution in [3.63, 3.8) is 0 Å². The standard InChI is InChI=1S/C18H21ClFN3O5S2/c1-18(2,3)28-17(25)21-7-15(24)22-16-23(10-4-5-11(19)12(20)6-10)13-8-30(26,27)9-14(13)29-16/h4-6,13-14H,7-9H2,1-3H3,(H,21,25)/t13-,14+/m1/s1. The Bertz CT molecular complexity index is 1010. The number of carbonyl (C=O) groups excluding carboxylic acids is 2. The lowest BCUT2D eigenvalue weighted by Crippen LogP contribution is -2.38. The molecule has 3 rings (SSSR count). The van der Waals surface area contributed by atoms with Gasteiger partial charge in [0.15, 0.2) is 15.0 Å². The number of fused-ring (bicyclic) bond motifs is 1. The Morgan fingerprint density at radius 1 is 1.37 bits per heavy atom. The second-order valence-electron chi connectivity index (χ2n) is 7.91. The normalized spacial score (nSPS) is 24.0. The first kappa shape index (κ1) is 22.8. The summed E-state index contributed by atoms with van der Waals surface area (Å²) in [6.45, 7) is 4.69. The van der Waals surface area contributed by atoms with Crippen LogP contribution in [0.1, 0.15) is 20.8 Å². The number of rotatable bonds is 3. The molecule has 2 fully saturated rings. The van der Waals surface area contributed by atoms with E-state index in [9.17, 15) is 22.4 Å². The molecule has 2 aliphatic heterocycles. The van der Waals surface area contributed by atoms with Gasteiger partial charge < -0.3 is 15.0 Å². The van der Waals surface area contributed by atoms with Gasteiger partial charge in [-0.25, -0.2) is 17.6 Å².